The summed E-state index contributed by atoms with van der Waals surface area (Å²) in [6.45, 7) is 1.82. The number of halogens is 3. The zero-order chi connectivity index (χ0) is 8.43. The molecule has 0 saturated heterocycles. The van der Waals surface area contributed by atoms with Gasteiger partial charge in [0.25, 0.3) is 0 Å². The first-order valence-corrected chi connectivity index (χ1v) is 3.93. The van der Waals surface area contributed by atoms with Crippen LogP contribution in [-0.2, 0) is 0 Å². The van der Waals surface area contributed by atoms with Crippen LogP contribution in [0.5, 0.6) is 0 Å². The van der Waals surface area contributed by atoms with Gasteiger partial charge in [0, 0.05) is 12.2 Å². The van der Waals surface area contributed by atoms with Crippen LogP contribution >= 0.6 is 35.6 Å². The molecular weight excluding hydrogens is 218 g/mol. The van der Waals surface area contributed by atoms with Crippen molar-refractivity contribution in [3.8, 4) is 0 Å². The summed E-state index contributed by atoms with van der Waals surface area (Å²) < 4.78 is 0. The van der Waals surface area contributed by atoms with Crippen molar-refractivity contribution in [2.45, 2.75) is 13.0 Å². The van der Waals surface area contributed by atoms with E-state index < -0.39 is 0 Å². The van der Waals surface area contributed by atoms with Crippen molar-refractivity contribution in [3.63, 3.8) is 0 Å². The Labute approximate surface area is 87.5 Å². The van der Waals surface area contributed by atoms with E-state index >= 15 is 0 Å². The summed E-state index contributed by atoms with van der Waals surface area (Å²) in [5, 5.41) is 1.05. The fourth-order valence-corrected chi connectivity index (χ4v) is 1.31. The molecule has 1 aromatic rings. The molecule has 0 aromatic carbocycles. The highest BCUT2D eigenvalue weighted by Crippen LogP contribution is 2.21. The van der Waals surface area contributed by atoms with Crippen molar-refractivity contribution < 1.29 is 0 Å². The van der Waals surface area contributed by atoms with Crippen molar-refractivity contribution in [2.24, 2.45) is 5.73 Å². The maximum Gasteiger partial charge on any atom is 0.0755 e. The molecule has 0 aliphatic heterocycles. The summed E-state index contributed by atoms with van der Waals surface area (Å²) in [6, 6.07) is 1.48. The van der Waals surface area contributed by atoms with Crippen LogP contribution in [0.3, 0.4) is 0 Å². The van der Waals surface area contributed by atoms with Gasteiger partial charge in [0.05, 0.1) is 15.7 Å². The summed E-state index contributed by atoms with van der Waals surface area (Å²) in [6.07, 6.45) is 1.53. The number of aromatic nitrogens is 1. The zero-order valence-electron chi connectivity index (χ0n) is 6.42. The fraction of sp³-hybridized carbons (Fsp3) is 0.286. The van der Waals surface area contributed by atoms with E-state index in [0.29, 0.717) is 15.7 Å². The predicted molar refractivity (Wildman–Crippen MR) is 54.1 cm³/mol. The molecule has 68 valence electrons. The average molecular weight is 228 g/mol. The second-order valence-corrected chi connectivity index (χ2v) is 3.15. The average Bonchev–Trinajstić information content (AvgIpc) is 1.85. The molecule has 1 aromatic heterocycles. The molecule has 12 heavy (non-hydrogen) atoms. The molecule has 1 atom stereocenters. The van der Waals surface area contributed by atoms with Crippen molar-refractivity contribution >= 4 is 35.6 Å². The Hall–Kier alpha value is -0.0200. The number of nitrogens with zero attached hydrogens (tertiary/aromatic N) is 1. The Kier molecular flexibility index (Phi) is 4.87. The molecule has 2 N–H and O–H groups in total. The van der Waals surface area contributed by atoms with E-state index in [0.717, 1.165) is 0 Å². The van der Waals surface area contributed by atoms with Crippen molar-refractivity contribution in [1.29, 1.82) is 0 Å². The van der Waals surface area contributed by atoms with Gasteiger partial charge < -0.3 is 5.73 Å². The summed E-state index contributed by atoms with van der Waals surface area (Å²) in [5.41, 5.74) is 6.25. The summed E-state index contributed by atoms with van der Waals surface area (Å²) in [5.74, 6) is 0. The van der Waals surface area contributed by atoms with Crippen molar-refractivity contribution in [3.05, 3.63) is 28.0 Å². The Balaban J connectivity index is 0.00000121. The highest BCUT2D eigenvalue weighted by Gasteiger charge is 2.06. The van der Waals surface area contributed by atoms with Crippen LogP contribution in [0.2, 0.25) is 10.0 Å². The minimum absolute atomic E-state index is 0. The molecule has 0 aliphatic rings. The first kappa shape index (κ1) is 12.0. The molecule has 0 aliphatic carbocycles. The van der Waals surface area contributed by atoms with Gasteiger partial charge in [-0.3, -0.25) is 4.98 Å². The molecule has 0 amide bonds. The van der Waals surface area contributed by atoms with Gasteiger partial charge in [0.1, 0.15) is 0 Å². The molecule has 5 heteroatoms. The fourth-order valence-electron chi connectivity index (χ4n) is 0.760. The second-order valence-electron chi connectivity index (χ2n) is 2.31. The molecule has 2 nitrogen and oxygen atoms in total. The van der Waals surface area contributed by atoms with E-state index in [1.54, 1.807) is 6.07 Å². The zero-order valence-corrected chi connectivity index (χ0v) is 8.75. The van der Waals surface area contributed by atoms with Crippen LogP contribution in [-0.4, -0.2) is 4.98 Å². The van der Waals surface area contributed by atoms with E-state index in [9.17, 15) is 0 Å². The summed E-state index contributed by atoms with van der Waals surface area (Å²) in [7, 11) is 0. The minimum Gasteiger partial charge on any atom is -0.323 e. The lowest BCUT2D eigenvalue weighted by atomic mass is 10.2. The second kappa shape index (κ2) is 4.87. The van der Waals surface area contributed by atoms with Crippen LogP contribution < -0.4 is 5.73 Å². The molecule has 0 bridgehead atoms. The van der Waals surface area contributed by atoms with E-state index in [1.165, 1.54) is 6.20 Å². The normalized spacial score (nSPS) is 12.0. The quantitative estimate of drug-likeness (QED) is 0.801. The van der Waals surface area contributed by atoms with Gasteiger partial charge in [-0.2, -0.15) is 0 Å². The maximum atomic E-state index is 5.80. The van der Waals surface area contributed by atoms with Crippen molar-refractivity contribution in [1.82, 2.24) is 4.98 Å². The van der Waals surface area contributed by atoms with Gasteiger partial charge in [0.15, 0.2) is 0 Å². The van der Waals surface area contributed by atoms with Crippen LogP contribution in [0.1, 0.15) is 18.7 Å². The number of pyridine rings is 1. The van der Waals surface area contributed by atoms with Crippen LogP contribution in [0.15, 0.2) is 12.3 Å². The number of nitrogens with two attached hydrogens (primary N) is 1. The third-order valence-corrected chi connectivity index (χ3v) is 1.78. The molecule has 0 radical (unpaired) electrons. The largest absolute Gasteiger partial charge is 0.323 e. The van der Waals surface area contributed by atoms with Gasteiger partial charge >= 0.3 is 0 Å². The van der Waals surface area contributed by atoms with Gasteiger partial charge in [0.2, 0.25) is 0 Å². The lowest BCUT2D eigenvalue weighted by Gasteiger charge is -2.05. The minimum atomic E-state index is -0.153. The molecule has 1 rings (SSSR count). The van der Waals surface area contributed by atoms with Crippen LogP contribution in [0.4, 0.5) is 0 Å². The first-order valence-electron chi connectivity index (χ1n) is 3.18. The lowest BCUT2D eigenvalue weighted by molar-refractivity contribution is 0.781. The summed E-state index contributed by atoms with van der Waals surface area (Å²) in [4.78, 5) is 3.99. The topological polar surface area (TPSA) is 38.9 Å². The molecular formula is C7H9Cl3N2. The molecule has 0 fully saturated rings. The lowest BCUT2D eigenvalue weighted by Crippen LogP contribution is -2.07. The highest BCUT2D eigenvalue weighted by molar-refractivity contribution is 6.34. The van der Waals surface area contributed by atoms with E-state index in [1.807, 2.05) is 6.92 Å². The maximum absolute atomic E-state index is 5.80. The first-order chi connectivity index (χ1) is 5.11. The third-order valence-electron chi connectivity index (χ3n) is 1.27. The number of rotatable bonds is 1. The molecule has 0 saturated carbocycles. The Bertz CT molecular complexity index is 263. The van der Waals surface area contributed by atoms with E-state index in [-0.39, 0.29) is 18.4 Å². The Morgan fingerprint density at radius 2 is 2.08 bits per heavy atom. The van der Waals surface area contributed by atoms with Crippen LogP contribution in [0, 0.1) is 0 Å². The van der Waals surface area contributed by atoms with Crippen molar-refractivity contribution in [2.75, 3.05) is 0 Å². The SMILES string of the molecule is C[C@H](N)c1ncc(Cl)cc1Cl.Cl. The standard InChI is InChI=1S/C7H8Cl2N2.ClH/c1-4(10)7-6(9)2-5(8)3-11-7;/h2-4H,10H2,1H3;1H/t4-;/m0./s1. The predicted octanol–water partition coefficient (Wildman–Crippen LogP) is 2.83. The van der Waals surface area contributed by atoms with Crippen LogP contribution in [0.25, 0.3) is 0 Å². The Morgan fingerprint density at radius 1 is 1.50 bits per heavy atom. The van der Waals surface area contributed by atoms with Gasteiger partial charge in [-0.15, -0.1) is 12.4 Å². The van der Waals surface area contributed by atoms with E-state index in [4.69, 9.17) is 28.9 Å². The number of hydrogen-bond acceptors (Lipinski definition) is 2. The number of hydrogen-bond donors (Lipinski definition) is 1. The van der Waals surface area contributed by atoms with Gasteiger partial charge in [-0.25, -0.2) is 0 Å². The molecule has 1 heterocycles. The highest BCUT2D eigenvalue weighted by atomic mass is 35.5. The third kappa shape index (κ3) is 2.79. The van der Waals surface area contributed by atoms with Gasteiger partial charge in [-0.1, -0.05) is 23.2 Å². The van der Waals surface area contributed by atoms with E-state index in [2.05, 4.69) is 4.98 Å². The Morgan fingerprint density at radius 3 is 2.50 bits per heavy atom. The smallest absolute Gasteiger partial charge is 0.0755 e. The van der Waals surface area contributed by atoms with Gasteiger partial charge in [-0.05, 0) is 13.0 Å². The summed E-state index contributed by atoms with van der Waals surface area (Å²) >= 11 is 11.4. The monoisotopic (exact) mass is 226 g/mol. The molecule has 0 unspecified atom stereocenters. The molecule has 0 spiro atoms.